The van der Waals surface area contributed by atoms with E-state index in [1.807, 2.05) is 60.7 Å². The molecule has 1 aliphatic carbocycles. The maximum absolute atomic E-state index is 12.3. The van der Waals surface area contributed by atoms with Crippen LogP contribution in [-0.2, 0) is 17.9 Å². The number of aromatic amines is 1. The predicted molar refractivity (Wildman–Crippen MR) is 151 cm³/mol. The van der Waals surface area contributed by atoms with Gasteiger partial charge in [0.05, 0.1) is 29.6 Å². The van der Waals surface area contributed by atoms with Crippen molar-refractivity contribution in [3.8, 4) is 5.75 Å². The Bertz CT molecular complexity index is 1620. The number of anilines is 2. The summed E-state index contributed by atoms with van der Waals surface area (Å²) in [5.74, 6) is 1.12. The van der Waals surface area contributed by atoms with Crippen LogP contribution in [0.15, 0.2) is 73.2 Å². The van der Waals surface area contributed by atoms with Crippen LogP contribution >= 0.6 is 0 Å². The number of hydrogen-bond acceptors (Lipinski definition) is 8. The maximum atomic E-state index is 12.3. The van der Waals surface area contributed by atoms with Crippen molar-refractivity contribution in [1.82, 2.24) is 25.3 Å². The molecule has 0 bridgehead atoms. The third kappa shape index (κ3) is 5.97. The number of nitrogens with one attached hydrogen (secondary N) is 3. The highest BCUT2D eigenvalue weighted by Crippen LogP contribution is 2.30. The molecule has 0 saturated heterocycles. The molecular weight excluding hydrogens is 508 g/mol. The van der Waals surface area contributed by atoms with E-state index in [4.69, 9.17) is 14.5 Å². The fourth-order valence-corrected chi connectivity index (χ4v) is 4.93. The van der Waals surface area contributed by atoms with Crippen molar-refractivity contribution in [2.45, 2.75) is 51.0 Å². The van der Waals surface area contributed by atoms with Crippen LogP contribution < -0.4 is 15.4 Å². The normalized spacial score (nSPS) is 17.0. The Kier molecular flexibility index (Phi) is 7.41. The average molecular weight is 539 g/mol. The Morgan fingerprint density at radius 3 is 2.70 bits per heavy atom. The van der Waals surface area contributed by atoms with E-state index < -0.39 is 6.09 Å². The fourth-order valence-electron chi connectivity index (χ4n) is 4.93. The minimum atomic E-state index is -0.510. The van der Waals surface area contributed by atoms with Crippen LogP contribution in [-0.4, -0.2) is 43.3 Å². The van der Waals surface area contributed by atoms with Crippen LogP contribution in [0.5, 0.6) is 5.75 Å². The lowest BCUT2D eigenvalue weighted by atomic mass is 9.95. The van der Waals surface area contributed by atoms with Crippen LogP contribution in [0.25, 0.3) is 21.9 Å². The van der Waals surface area contributed by atoms with E-state index in [2.05, 4.69) is 25.6 Å². The molecule has 0 radical (unpaired) electrons. The number of para-hydroxylation sites is 1. The maximum Gasteiger partial charge on any atom is 0.407 e. The molecule has 1 aliphatic rings. The van der Waals surface area contributed by atoms with Crippen molar-refractivity contribution < 1.29 is 19.4 Å². The molecule has 10 heteroatoms. The van der Waals surface area contributed by atoms with Gasteiger partial charge in [-0.1, -0.05) is 42.5 Å². The molecule has 6 rings (SSSR count). The summed E-state index contributed by atoms with van der Waals surface area (Å²) in [6, 6.07) is 19.2. The average Bonchev–Trinajstić information content (AvgIpc) is 3.46. The van der Waals surface area contributed by atoms with Gasteiger partial charge in [-0.2, -0.15) is 0 Å². The number of aliphatic hydroxyl groups is 1. The van der Waals surface area contributed by atoms with Gasteiger partial charge in [0, 0.05) is 29.4 Å². The molecule has 2 aromatic heterocycles. The number of hydrogen-bond donors (Lipinski definition) is 4. The van der Waals surface area contributed by atoms with Gasteiger partial charge < -0.3 is 30.2 Å². The van der Waals surface area contributed by atoms with E-state index in [1.54, 1.807) is 12.5 Å². The summed E-state index contributed by atoms with van der Waals surface area (Å²) in [5, 5.41) is 16.8. The first-order valence-corrected chi connectivity index (χ1v) is 13.4. The van der Waals surface area contributed by atoms with Crippen molar-refractivity contribution in [1.29, 1.82) is 0 Å². The Balaban J connectivity index is 1.17. The summed E-state index contributed by atoms with van der Waals surface area (Å²) in [7, 11) is 0. The number of benzene rings is 3. The van der Waals surface area contributed by atoms with Gasteiger partial charge in [-0.25, -0.2) is 19.7 Å². The summed E-state index contributed by atoms with van der Waals surface area (Å²) in [6.07, 6.45) is 5.81. The van der Waals surface area contributed by atoms with E-state index in [1.165, 1.54) is 0 Å². The van der Waals surface area contributed by atoms with E-state index in [9.17, 15) is 9.90 Å². The van der Waals surface area contributed by atoms with Crippen molar-refractivity contribution in [3.63, 3.8) is 0 Å². The molecule has 0 unspecified atom stereocenters. The summed E-state index contributed by atoms with van der Waals surface area (Å²) < 4.78 is 11.6. The number of imidazole rings is 1. The second-order valence-electron chi connectivity index (χ2n) is 9.91. The summed E-state index contributed by atoms with van der Waals surface area (Å²) in [4.78, 5) is 29.1. The fraction of sp³-hybridized carbons (Fsp3) is 0.267. The van der Waals surface area contributed by atoms with Gasteiger partial charge in [-0.15, -0.1) is 0 Å². The number of rotatable bonds is 8. The van der Waals surface area contributed by atoms with Crippen LogP contribution in [0.3, 0.4) is 0 Å². The molecule has 1 saturated carbocycles. The summed E-state index contributed by atoms with van der Waals surface area (Å²) in [6.45, 7) is 0.428. The van der Waals surface area contributed by atoms with Gasteiger partial charge >= 0.3 is 6.09 Å². The monoisotopic (exact) mass is 538 g/mol. The van der Waals surface area contributed by atoms with Gasteiger partial charge in [0.2, 0.25) is 5.95 Å². The minimum Gasteiger partial charge on any atom is -0.488 e. The zero-order valence-electron chi connectivity index (χ0n) is 21.8. The molecule has 40 heavy (non-hydrogen) atoms. The van der Waals surface area contributed by atoms with Crippen LogP contribution in [0.4, 0.5) is 16.4 Å². The number of H-pyrrole nitrogens is 1. The second-order valence-corrected chi connectivity index (χ2v) is 9.91. The Hall–Kier alpha value is -4.70. The van der Waals surface area contributed by atoms with E-state index in [0.29, 0.717) is 11.7 Å². The molecule has 5 aromatic rings. The molecule has 0 spiro atoms. The molecule has 4 N–H and O–H groups in total. The molecule has 3 aromatic carbocycles. The number of carbonyl (C=O) groups is 1. The minimum absolute atomic E-state index is 0.0533. The second kappa shape index (κ2) is 11.6. The number of carbonyl (C=O) groups excluding carboxylic acids is 1. The molecule has 2 heterocycles. The first kappa shape index (κ1) is 25.6. The molecule has 10 nitrogen and oxygen atoms in total. The van der Waals surface area contributed by atoms with E-state index in [-0.39, 0.29) is 25.4 Å². The first-order chi connectivity index (χ1) is 19.6. The molecular formula is C30H30N6O4. The third-order valence-corrected chi connectivity index (χ3v) is 7.01. The Morgan fingerprint density at radius 2 is 1.85 bits per heavy atom. The lowest BCUT2D eigenvalue weighted by Gasteiger charge is -2.26. The highest BCUT2D eigenvalue weighted by atomic mass is 16.5. The standard InChI is InChI=1S/C30H30N6O4/c37-23-9-11-24(12-10-23)40-26-8-4-7-20-15-31-29(36-28(20)26)35-22-13-21(27-25(14-22)33-18-34-27)16-32-30(38)39-17-19-5-2-1-3-6-19/h1-8,13-15,18,23-24,37H,9-12,16-17H2,(H,32,38)(H,33,34)(H,31,35,36). The Morgan fingerprint density at radius 1 is 1.00 bits per heavy atom. The predicted octanol–water partition coefficient (Wildman–Crippen LogP) is 5.36. The van der Waals surface area contributed by atoms with Crippen LogP contribution in [0.1, 0.15) is 36.8 Å². The van der Waals surface area contributed by atoms with Gasteiger partial charge in [0.15, 0.2) is 0 Å². The van der Waals surface area contributed by atoms with Crippen molar-refractivity contribution in [2.24, 2.45) is 0 Å². The van der Waals surface area contributed by atoms with Crippen molar-refractivity contribution >= 4 is 39.7 Å². The smallest absolute Gasteiger partial charge is 0.407 e. The number of alkyl carbamates (subject to hydrolysis) is 1. The first-order valence-electron chi connectivity index (χ1n) is 13.4. The Labute approximate surface area is 230 Å². The molecule has 1 amide bonds. The molecule has 204 valence electrons. The zero-order chi connectivity index (χ0) is 27.3. The van der Waals surface area contributed by atoms with E-state index in [0.717, 1.165) is 64.4 Å². The lowest BCUT2D eigenvalue weighted by molar-refractivity contribution is 0.0672. The molecule has 0 aliphatic heterocycles. The number of aliphatic hydroxyl groups excluding tert-OH is 1. The molecule has 1 fully saturated rings. The number of fused-ring (bicyclic) bond motifs is 2. The van der Waals surface area contributed by atoms with Gasteiger partial charge in [-0.05, 0) is 49.4 Å². The largest absolute Gasteiger partial charge is 0.488 e. The summed E-state index contributed by atoms with van der Waals surface area (Å²) in [5.41, 5.74) is 4.75. The number of nitrogens with zero attached hydrogens (tertiary/aromatic N) is 3. The van der Waals surface area contributed by atoms with Crippen molar-refractivity contribution in [2.75, 3.05) is 5.32 Å². The van der Waals surface area contributed by atoms with E-state index >= 15 is 0 Å². The quantitative estimate of drug-likeness (QED) is 0.207. The highest BCUT2D eigenvalue weighted by Gasteiger charge is 2.21. The zero-order valence-corrected chi connectivity index (χ0v) is 21.8. The van der Waals surface area contributed by atoms with Crippen LogP contribution in [0.2, 0.25) is 0 Å². The van der Waals surface area contributed by atoms with Gasteiger partial charge in [-0.3, -0.25) is 0 Å². The third-order valence-electron chi connectivity index (χ3n) is 7.01. The number of ether oxygens (including phenoxy) is 2. The van der Waals surface area contributed by atoms with Crippen LogP contribution in [0, 0.1) is 0 Å². The SMILES string of the molecule is O=C(NCc1cc(Nc2ncc3cccc(OC4CCC(O)CC4)c3n2)cc2[nH]cnc12)OCc1ccccc1. The number of aromatic nitrogens is 4. The van der Waals surface area contributed by atoms with Gasteiger partial charge in [0.1, 0.15) is 17.9 Å². The summed E-state index contributed by atoms with van der Waals surface area (Å²) >= 11 is 0. The van der Waals surface area contributed by atoms with Crippen molar-refractivity contribution in [3.05, 3.63) is 84.3 Å². The topological polar surface area (TPSA) is 134 Å². The van der Waals surface area contributed by atoms with Gasteiger partial charge in [0.25, 0.3) is 0 Å². The number of amides is 1. The lowest BCUT2D eigenvalue weighted by Crippen LogP contribution is -2.26. The molecule has 0 atom stereocenters. The highest BCUT2D eigenvalue weighted by molar-refractivity contribution is 5.86.